The number of nitrogens with zero attached hydrogens (tertiary/aromatic N) is 2. The van der Waals surface area contributed by atoms with Crippen molar-refractivity contribution in [3.05, 3.63) is 40.4 Å². The maximum absolute atomic E-state index is 11.7. The van der Waals surface area contributed by atoms with Gasteiger partial charge in [-0.2, -0.15) is 0 Å². The molecule has 5 heteroatoms. The van der Waals surface area contributed by atoms with E-state index in [1.54, 1.807) is 26.2 Å². The van der Waals surface area contributed by atoms with Crippen molar-refractivity contribution in [1.29, 1.82) is 0 Å². The minimum absolute atomic E-state index is 0.0530. The molecule has 0 unspecified atom stereocenters. The van der Waals surface area contributed by atoms with Gasteiger partial charge in [0.25, 0.3) is 0 Å². The molecule has 74 valence electrons. The molecule has 2 aromatic rings. The summed E-state index contributed by atoms with van der Waals surface area (Å²) >= 11 is 0. The topological polar surface area (TPSA) is 52.0 Å². The van der Waals surface area contributed by atoms with E-state index in [4.69, 9.17) is 0 Å². The SMILES string of the molecule is Bn1cnc2ccc(C(C)=O)cc2c1=O. The quantitative estimate of drug-likeness (QED) is 0.480. The average molecular weight is 200 g/mol. The molecular weight excluding hydrogens is 191 g/mol. The van der Waals surface area contributed by atoms with E-state index in [1.807, 2.05) is 0 Å². The Balaban J connectivity index is 2.85. The highest BCUT2D eigenvalue weighted by Gasteiger charge is 2.05. The molecule has 0 aliphatic carbocycles. The van der Waals surface area contributed by atoms with Crippen LogP contribution in [0, 0.1) is 0 Å². The molecule has 0 saturated heterocycles. The van der Waals surface area contributed by atoms with Crippen molar-refractivity contribution in [2.45, 2.75) is 6.92 Å². The Morgan fingerprint density at radius 2 is 2.20 bits per heavy atom. The van der Waals surface area contributed by atoms with Gasteiger partial charge in [-0.1, -0.05) is 0 Å². The van der Waals surface area contributed by atoms with Crippen molar-refractivity contribution in [3.8, 4) is 0 Å². The number of fused-ring (bicyclic) bond motifs is 1. The second-order valence-corrected chi connectivity index (χ2v) is 3.45. The molecule has 4 nitrogen and oxygen atoms in total. The molecule has 0 N–H and O–H groups in total. The first kappa shape index (κ1) is 9.64. The maximum Gasteiger partial charge on any atom is 0.248 e. The zero-order valence-electron chi connectivity index (χ0n) is 8.52. The summed E-state index contributed by atoms with van der Waals surface area (Å²) < 4.78 is 1.40. The lowest BCUT2D eigenvalue weighted by Gasteiger charge is -2.01. The summed E-state index contributed by atoms with van der Waals surface area (Å²) in [4.78, 5) is 27.0. The van der Waals surface area contributed by atoms with Gasteiger partial charge in [0.1, 0.15) is 0 Å². The molecule has 15 heavy (non-hydrogen) atoms. The van der Waals surface area contributed by atoms with Crippen LogP contribution in [0.4, 0.5) is 0 Å². The smallest absolute Gasteiger partial charge is 0.248 e. The van der Waals surface area contributed by atoms with Gasteiger partial charge in [-0.25, -0.2) is 4.98 Å². The molecule has 0 atom stereocenters. The molecule has 2 rings (SSSR count). The Hall–Kier alpha value is -1.91. The molecule has 1 heterocycles. The molecule has 0 saturated carbocycles. The third kappa shape index (κ3) is 1.56. The van der Waals surface area contributed by atoms with Gasteiger partial charge in [0.15, 0.2) is 5.78 Å². The Morgan fingerprint density at radius 1 is 1.47 bits per heavy atom. The first-order valence-electron chi connectivity index (χ1n) is 4.56. The van der Waals surface area contributed by atoms with Gasteiger partial charge in [0, 0.05) is 5.56 Å². The highest BCUT2D eigenvalue weighted by Crippen LogP contribution is 2.09. The van der Waals surface area contributed by atoms with Crippen LogP contribution < -0.4 is 5.56 Å². The van der Waals surface area contributed by atoms with E-state index in [0.29, 0.717) is 16.5 Å². The first-order valence-corrected chi connectivity index (χ1v) is 4.56. The fourth-order valence-electron chi connectivity index (χ4n) is 1.43. The zero-order chi connectivity index (χ0) is 11.0. The normalized spacial score (nSPS) is 10.5. The summed E-state index contributed by atoms with van der Waals surface area (Å²) in [6.45, 7) is 1.47. The number of rotatable bonds is 1. The van der Waals surface area contributed by atoms with Gasteiger partial charge in [-0.05, 0) is 25.1 Å². The molecule has 0 spiro atoms. The van der Waals surface area contributed by atoms with Gasteiger partial charge in [-0.3, -0.25) is 9.59 Å². The Bertz CT molecular complexity index is 604. The summed E-state index contributed by atoms with van der Waals surface area (Å²) in [5.41, 5.74) is 1.01. The number of carbonyl (C=O) groups excluding carboxylic acids is 1. The number of ketones is 1. The lowest BCUT2D eigenvalue weighted by atomic mass is 10.1. The number of hydrogen-bond acceptors (Lipinski definition) is 3. The summed E-state index contributed by atoms with van der Waals surface area (Å²) in [6, 6.07) is 4.96. The molecule has 0 fully saturated rings. The van der Waals surface area contributed by atoms with Crippen LogP contribution in [0.5, 0.6) is 0 Å². The standard InChI is InChI=1S/C10H9BN2O2/c1-6(14)7-2-3-9-8(4-7)10(15)13(11)5-12-9/h2-5H,11H2,1H3. The molecule has 0 radical (unpaired) electrons. The Kier molecular flexibility index (Phi) is 2.15. The summed E-state index contributed by atoms with van der Waals surface area (Å²) in [5.74, 6) is -0.0530. The van der Waals surface area contributed by atoms with Gasteiger partial charge in [0.05, 0.1) is 17.2 Å². The Morgan fingerprint density at radius 3 is 2.87 bits per heavy atom. The van der Waals surface area contributed by atoms with Crippen LogP contribution in [-0.4, -0.2) is 23.2 Å². The largest absolute Gasteiger partial charge is 0.352 e. The lowest BCUT2D eigenvalue weighted by Crippen LogP contribution is -2.18. The predicted octanol–water partition coefficient (Wildman–Crippen LogP) is -0.00470. The highest BCUT2D eigenvalue weighted by molar-refractivity contribution is 6.07. The maximum atomic E-state index is 11.7. The summed E-state index contributed by atoms with van der Waals surface area (Å²) in [5, 5.41) is 0.479. The molecular formula is C10H9BN2O2. The second-order valence-electron chi connectivity index (χ2n) is 3.45. The van der Waals surface area contributed by atoms with E-state index in [9.17, 15) is 9.59 Å². The van der Waals surface area contributed by atoms with Crippen molar-refractivity contribution < 1.29 is 4.79 Å². The van der Waals surface area contributed by atoms with Crippen molar-refractivity contribution >= 4 is 24.7 Å². The molecule has 0 aliphatic rings. The van der Waals surface area contributed by atoms with E-state index in [2.05, 4.69) is 4.98 Å². The van der Waals surface area contributed by atoms with Crippen molar-refractivity contribution in [2.24, 2.45) is 0 Å². The zero-order valence-corrected chi connectivity index (χ0v) is 8.52. The number of Topliss-reactive ketones (excluding diaryl/α,β-unsaturated/α-hetero) is 1. The Labute approximate surface area is 87.0 Å². The third-order valence-electron chi connectivity index (χ3n) is 2.32. The molecule has 1 aromatic heterocycles. The van der Waals surface area contributed by atoms with Crippen LogP contribution in [0.15, 0.2) is 29.3 Å². The van der Waals surface area contributed by atoms with E-state index in [1.165, 1.54) is 17.7 Å². The molecule has 0 bridgehead atoms. The molecule has 0 aliphatic heterocycles. The van der Waals surface area contributed by atoms with Gasteiger partial charge < -0.3 is 4.48 Å². The lowest BCUT2D eigenvalue weighted by molar-refractivity contribution is 0.101. The van der Waals surface area contributed by atoms with Crippen LogP contribution in [0.2, 0.25) is 0 Å². The summed E-state index contributed by atoms with van der Waals surface area (Å²) in [7, 11) is 1.63. The number of hydrogen-bond donors (Lipinski definition) is 0. The fourth-order valence-corrected chi connectivity index (χ4v) is 1.43. The van der Waals surface area contributed by atoms with Gasteiger partial charge >= 0.3 is 0 Å². The van der Waals surface area contributed by atoms with Crippen LogP contribution in [0.3, 0.4) is 0 Å². The van der Waals surface area contributed by atoms with Crippen LogP contribution in [-0.2, 0) is 0 Å². The van der Waals surface area contributed by atoms with Gasteiger partial charge in [0.2, 0.25) is 13.5 Å². The number of aromatic nitrogens is 2. The number of benzene rings is 1. The van der Waals surface area contributed by atoms with Crippen molar-refractivity contribution in [2.75, 3.05) is 0 Å². The van der Waals surface area contributed by atoms with Crippen molar-refractivity contribution in [3.63, 3.8) is 0 Å². The van der Waals surface area contributed by atoms with Gasteiger partial charge in [-0.15, -0.1) is 0 Å². The highest BCUT2D eigenvalue weighted by atomic mass is 16.1. The third-order valence-corrected chi connectivity index (χ3v) is 2.32. The van der Waals surface area contributed by atoms with E-state index in [0.717, 1.165) is 0 Å². The minimum Gasteiger partial charge on any atom is -0.352 e. The first-order chi connectivity index (χ1) is 7.09. The van der Waals surface area contributed by atoms with Crippen LogP contribution in [0.25, 0.3) is 10.9 Å². The average Bonchev–Trinajstić information content (AvgIpc) is 2.23. The monoisotopic (exact) mass is 200 g/mol. The fraction of sp³-hybridized carbons (Fsp3) is 0.100. The van der Waals surface area contributed by atoms with E-state index >= 15 is 0 Å². The minimum atomic E-state index is -0.136. The van der Waals surface area contributed by atoms with Crippen LogP contribution >= 0.6 is 0 Å². The van der Waals surface area contributed by atoms with Crippen molar-refractivity contribution in [1.82, 2.24) is 9.46 Å². The molecule has 0 amide bonds. The van der Waals surface area contributed by atoms with E-state index < -0.39 is 0 Å². The number of carbonyl (C=O) groups is 1. The van der Waals surface area contributed by atoms with Crippen LogP contribution in [0.1, 0.15) is 17.3 Å². The predicted molar refractivity (Wildman–Crippen MR) is 59.9 cm³/mol. The summed E-state index contributed by atoms with van der Waals surface area (Å²) in [6.07, 6.45) is 1.47. The van der Waals surface area contributed by atoms with E-state index in [-0.39, 0.29) is 11.3 Å². The molecule has 1 aromatic carbocycles. The second kappa shape index (κ2) is 3.35.